The Morgan fingerprint density at radius 2 is 1.45 bits per heavy atom. The number of esters is 1. The molecule has 162 valence electrons. The van der Waals surface area contributed by atoms with Crippen LogP contribution in [0.25, 0.3) is 0 Å². The third-order valence-corrected chi connectivity index (χ3v) is 4.10. The first-order valence-electron chi connectivity index (χ1n) is 10.0. The van der Waals surface area contributed by atoms with Gasteiger partial charge in [-0.3, -0.25) is 4.79 Å². The van der Waals surface area contributed by atoms with Gasteiger partial charge in [0, 0.05) is 12.2 Å². The lowest BCUT2D eigenvalue weighted by molar-refractivity contribution is -0.169. The van der Waals surface area contributed by atoms with E-state index in [4.69, 9.17) is 28.4 Å². The van der Waals surface area contributed by atoms with Crippen LogP contribution in [0.2, 0.25) is 0 Å². The zero-order chi connectivity index (χ0) is 20.6. The fraction of sp³-hybridized carbons (Fsp3) is 0.619. The van der Waals surface area contributed by atoms with E-state index in [0.717, 1.165) is 25.9 Å². The van der Waals surface area contributed by atoms with Crippen molar-refractivity contribution >= 4 is 11.8 Å². The van der Waals surface area contributed by atoms with Crippen molar-refractivity contribution in [1.29, 1.82) is 0 Å². The summed E-state index contributed by atoms with van der Waals surface area (Å²) in [5.41, 5.74) is 0.308. The van der Waals surface area contributed by atoms with Crippen LogP contribution in [0.5, 0.6) is 0 Å². The minimum absolute atomic E-state index is 0.0191. The second kappa shape index (κ2) is 15.1. The summed E-state index contributed by atoms with van der Waals surface area (Å²) in [7, 11) is 0. The highest BCUT2D eigenvalue weighted by Gasteiger charge is 2.17. The molecule has 8 nitrogen and oxygen atoms in total. The molecule has 1 saturated heterocycles. The van der Waals surface area contributed by atoms with E-state index in [0.29, 0.717) is 45.2 Å². The van der Waals surface area contributed by atoms with Crippen molar-refractivity contribution in [2.45, 2.75) is 25.6 Å². The van der Waals surface area contributed by atoms with Gasteiger partial charge in [0.1, 0.15) is 6.61 Å². The molecule has 1 aromatic rings. The van der Waals surface area contributed by atoms with Crippen molar-refractivity contribution in [3.63, 3.8) is 0 Å². The number of carbonyl (C=O) groups is 2. The molecule has 2 rings (SSSR count). The predicted octanol–water partition coefficient (Wildman–Crippen LogP) is 2.01. The highest BCUT2D eigenvalue weighted by atomic mass is 16.7. The van der Waals surface area contributed by atoms with E-state index < -0.39 is 11.8 Å². The Balaban J connectivity index is 1.33. The van der Waals surface area contributed by atoms with Gasteiger partial charge in [-0.05, 0) is 19.3 Å². The Bertz CT molecular complexity index is 571. The Morgan fingerprint density at radius 1 is 0.828 bits per heavy atom. The van der Waals surface area contributed by atoms with Crippen LogP contribution in [0.15, 0.2) is 30.3 Å². The number of ketones is 1. The molecule has 0 spiro atoms. The summed E-state index contributed by atoms with van der Waals surface area (Å²) in [5, 5.41) is 0. The summed E-state index contributed by atoms with van der Waals surface area (Å²) in [6.07, 6.45) is 3.12. The Labute approximate surface area is 171 Å². The lowest BCUT2D eigenvalue weighted by Gasteiger charge is -2.22. The Morgan fingerprint density at radius 3 is 2.07 bits per heavy atom. The van der Waals surface area contributed by atoms with Gasteiger partial charge in [0.15, 0.2) is 6.29 Å². The van der Waals surface area contributed by atoms with Crippen molar-refractivity contribution in [1.82, 2.24) is 0 Å². The third kappa shape index (κ3) is 10.5. The number of carbonyl (C=O) groups excluding carboxylic acids is 2. The maximum absolute atomic E-state index is 11.8. The Hall–Kier alpha value is -1.84. The molecule has 1 atom stereocenters. The quantitative estimate of drug-likeness (QED) is 0.188. The van der Waals surface area contributed by atoms with E-state index >= 15 is 0 Å². The van der Waals surface area contributed by atoms with Crippen LogP contribution in [0.3, 0.4) is 0 Å². The van der Waals surface area contributed by atoms with Gasteiger partial charge < -0.3 is 28.4 Å². The number of Topliss-reactive ketones (excluding diaryl/α,β-unsaturated/α-hetero) is 1. The zero-order valence-electron chi connectivity index (χ0n) is 16.7. The highest BCUT2D eigenvalue weighted by Crippen LogP contribution is 2.13. The molecule has 29 heavy (non-hydrogen) atoms. The summed E-state index contributed by atoms with van der Waals surface area (Å²) in [4.78, 5) is 23.4. The molecule has 0 N–H and O–H groups in total. The van der Waals surface area contributed by atoms with Gasteiger partial charge in [-0.15, -0.1) is 0 Å². The molecule has 1 aliphatic heterocycles. The molecule has 1 fully saturated rings. The maximum Gasteiger partial charge on any atom is 0.379 e. The Kier molecular flexibility index (Phi) is 12.2. The van der Waals surface area contributed by atoms with Crippen molar-refractivity contribution in [2.24, 2.45) is 0 Å². The van der Waals surface area contributed by atoms with Gasteiger partial charge >= 0.3 is 5.97 Å². The molecule has 0 radical (unpaired) electrons. The van der Waals surface area contributed by atoms with Crippen LogP contribution in [0, 0.1) is 0 Å². The molecule has 0 saturated carbocycles. The van der Waals surface area contributed by atoms with Gasteiger partial charge in [-0.2, -0.15) is 0 Å². The summed E-state index contributed by atoms with van der Waals surface area (Å²) < 4.78 is 32.0. The van der Waals surface area contributed by atoms with Crippen molar-refractivity contribution < 1.29 is 38.0 Å². The molecule has 1 heterocycles. The molecular formula is C21H30O8. The average molecular weight is 410 g/mol. The predicted molar refractivity (Wildman–Crippen MR) is 104 cm³/mol. The minimum Gasteiger partial charge on any atom is -0.457 e. The van der Waals surface area contributed by atoms with Crippen LogP contribution in [-0.2, 0) is 33.2 Å². The van der Waals surface area contributed by atoms with E-state index in [9.17, 15) is 9.59 Å². The maximum atomic E-state index is 11.8. The van der Waals surface area contributed by atoms with Crippen molar-refractivity contribution in [2.75, 3.05) is 59.5 Å². The fourth-order valence-corrected chi connectivity index (χ4v) is 2.59. The van der Waals surface area contributed by atoms with Gasteiger partial charge in [0.2, 0.25) is 0 Å². The molecule has 1 aromatic carbocycles. The standard InChI is InChI=1S/C21H30O8/c22-20(18-6-2-1-3-7-18)21(23)29-17-15-26-13-11-24-10-12-25-14-16-28-19-8-4-5-9-27-19/h1-3,6-7,19H,4-5,8-17H2. The molecule has 0 bridgehead atoms. The number of ether oxygens (including phenoxy) is 6. The lowest BCUT2D eigenvalue weighted by atomic mass is 10.1. The highest BCUT2D eigenvalue weighted by molar-refractivity contribution is 6.40. The van der Waals surface area contributed by atoms with E-state index in [-0.39, 0.29) is 19.5 Å². The monoisotopic (exact) mass is 410 g/mol. The normalized spacial score (nSPS) is 16.5. The lowest BCUT2D eigenvalue weighted by Crippen LogP contribution is -2.24. The van der Waals surface area contributed by atoms with Crippen LogP contribution in [-0.4, -0.2) is 77.5 Å². The smallest absolute Gasteiger partial charge is 0.379 e. The first kappa shape index (κ1) is 23.4. The van der Waals surface area contributed by atoms with Gasteiger partial charge in [0.05, 0.1) is 46.2 Å². The van der Waals surface area contributed by atoms with Gasteiger partial charge in [0.25, 0.3) is 5.78 Å². The average Bonchev–Trinajstić information content (AvgIpc) is 2.77. The SMILES string of the molecule is O=C(OCCOCCOCCOCCOC1CCCCO1)C(=O)c1ccccc1. The second-order valence-electron chi connectivity index (χ2n) is 6.34. The summed E-state index contributed by atoms with van der Waals surface area (Å²) in [6, 6.07) is 8.29. The first-order chi connectivity index (χ1) is 14.3. The van der Waals surface area contributed by atoms with E-state index in [2.05, 4.69) is 0 Å². The van der Waals surface area contributed by atoms with Crippen molar-refractivity contribution in [3.8, 4) is 0 Å². The van der Waals surface area contributed by atoms with Crippen LogP contribution in [0.1, 0.15) is 29.6 Å². The van der Waals surface area contributed by atoms with E-state index in [1.165, 1.54) is 0 Å². The molecule has 1 aliphatic rings. The molecule has 8 heteroatoms. The second-order valence-corrected chi connectivity index (χ2v) is 6.34. The molecule has 0 aliphatic carbocycles. The number of hydrogen-bond acceptors (Lipinski definition) is 8. The van der Waals surface area contributed by atoms with Crippen LogP contribution >= 0.6 is 0 Å². The zero-order valence-corrected chi connectivity index (χ0v) is 16.7. The fourth-order valence-electron chi connectivity index (χ4n) is 2.59. The molecule has 0 amide bonds. The summed E-state index contributed by atoms with van der Waals surface area (Å²) >= 11 is 0. The topological polar surface area (TPSA) is 89.5 Å². The van der Waals surface area contributed by atoms with Gasteiger partial charge in [-0.1, -0.05) is 30.3 Å². The van der Waals surface area contributed by atoms with E-state index in [1.807, 2.05) is 0 Å². The molecular weight excluding hydrogens is 380 g/mol. The minimum atomic E-state index is -0.882. The molecule has 0 aromatic heterocycles. The number of rotatable bonds is 15. The molecule has 1 unspecified atom stereocenters. The third-order valence-electron chi connectivity index (χ3n) is 4.10. The summed E-state index contributed by atoms with van der Waals surface area (Å²) in [5.74, 6) is -1.54. The first-order valence-corrected chi connectivity index (χ1v) is 10.0. The number of hydrogen-bond donors (Lipinski definition) is 0. The van der Waals surface area contributed by atoms with Crippen LogP contribution in [0.4, 0.5) is 0 Å². The van der Waals surface area contributed by atoms with Crippen molar-refractivity contribution in [3.05, 3.63) is 35.9 Å². The van der Waals surface area contributed by atoms with Crippen LogP contribution < -0.4 is 0 Å². The van der Waals surface area contributed by atoms with E-state index in [1.54, 1.807) is 30.3 Å². The van der Waals surface area contributed by atoms with Gasteiger partial charge in [-0.25, -0.2) is 4.79 Å². The largest absolute Gasteiger partial charge is 0.457 e. The number of benzene rings is 1. The summed E-state index contributed by atoms with van der Waals surface area (Å²) in [6.45, 7) is 3.73.